The molecule has 2 heterocycles. The first-order chi connectivity index (χ1) is 27.1. The zero-order valence-corrected chi connectivity index (χ0v) is 34.4. The summed E-state index contributed by atoms with van der Waals surface area (Å²) in [4.78, 5) is 13.1. The second-order valence-corrected chi connectivity index (χ2v) is 15.8. The fraction of sp³-hybridized carbons (Fsp3) is 0.929. The number of hydrogen-bond acceptors (Lipinski definition) is 13. The molecule has 2 saturated heterocycles. The van der Waals surface area contributed by atoms with Gasteiger partial charge in [0, 0.05) is 6.42 Å². The van der Waals surface area contributed by atoms with Crippen molar-refractivity contribution in [1.82, 2.24) is 5.32 Å². The molecule has 330 valence electrons. The van der Waals surface area contributed by atoms with Crippen LogP contribution in [0.4, 0.5) is 0 Å². The van der Waals surface area contributed by atoms with E-state index in [0.717, 1.165) is 64.2 Å². The molecule has 2 aliphatic rings. The van der Waals surface area contributed by atoms with Gasteiger partial charge in [-0.25, -0.2) is 0 Å². The minimum Gasteiger partial charge on any atom is -0.394 e. The zero-order valence-electron chi connectivity index (χ0n) is 34.4. The van der Waals surface area contributed by atoms with Gasteiger partial charge >= 0.3 is 0 Å². The Morgan fingerprint density at radius 2 is 1.12 bits per heavy atom. The molecule has 2 fully saturated rings. The molecule has 0 radical (unpaired) electrons. The topological polar surface area (TPSA) is 228 Å². The van der Waals surface area contributed by atoms with Gasteiger partial charge < -0.3 is 65.1 Å². The molecule has 0 bridgehead atoms. The van der Waals surface area contributed by atoms with E-state index in [1.807, 2.05) is 0 Å². The molecule has 9 N–H and O–H groups in total. The lowest BCUT2D eigenvalue weighted by molar-refractivity contribution is -0.359. The van der Waals surface area contributed by atoms with Gasteiger partial charge in [0.25, 0.3) is 0 Å². The van der Waals surface area contributed by atoms with E-state index < -0.39 is 86.8 Å². The highest BCUT2D eigenvalue weighted by molar-refractivity contribution is 5.76. The molecule has 0 spiro atoms. The third kappa shape index (κ3) is 19.2. The summed E-state index contributed by atoms with van der Waals surface area (Å²) in [5.41, 5.74) is 0. The number of unbranched alkanes of at least 4 members (excludes halogenated alkanes) is 17. The summed E-state index contributed by atoms with van der Waals surface area (Å²) in [6.45, 7) is 2.77. The highest BCUT2D eigenvalue weighted by Gasteiger charge is 2.51. The fourth-order valence-electron chi connectivity index (χ4n) is 7.29. The molecular weight excluding hydrogens is 726 g/mol. The highest BCUT2D eigenvalue weighted by Crippen LogP contribution is 2.30. The highest BCUT2D eigenvalue weighted by atomic mass is 16.7. The molecule has 14 nitrogen and oxygen atoms in total. The van der Waals surface area contributed by atoms with Gasteiger partial charge in [0.2, 0.25) is 5.91 Å². The minimum absolute atomic E-state index is 0.220. The first kappa shape index (κ1) is 50.9. The van der Waals surface area contributed by atoms with Crippen molar-refractivity contribution in [2.45, 2.75) is 229 Å². The smallest absolute Gasteiger partial charge is 0.220 e. The number of ether oxygens (including phenoxy) is 4. The van der Waals surface area contributed by atoms with Crippen LogP contribution in [0.5, 0.6) is 0 Å². The largest absolute Gasteiger partial charge is 0.394 e. The van der Waals surface area contributed by atoms with Crippen molar-refractivity contribution >= 4 is 5.91 Å². The lowest BCUT2D eigenvalue weighted by Crippen LogP contribution is -2.65. The van der Waals surface area contributed by atoms with Crippen molar-refractivity contribution < 1.29 is 64.6 Å². The van der Waals surface area contributed by atoms with Crippen molar-refractivity contribution in [3.8, 4) is 0 Å². The number of aliphatic hydroxyl groups is 8. The molecule has 56 heavy (non-hydrogen) atoms. The quantitative estimate of drug-likeness (QED) is 0.0350. The van der Waals surface area contributed by atoms with E-state index in [0.29, 0.717) is 19.3 Å². The van der Waals surface area contributed by atoms with Gasteiger partial charge in [-0.1, -0.05) is 122 Å². The number of allylic oxidation sites excluding steroid dienone is 2. The van der Waals surface area contributed by atoms with Gasteiger partial charge in [0.15, 0.2) is 12.6 Å². The summed E-state index contributed by atoms with van der Waals surface area (Å²) in [5, 5.41) is 86.4. The molecule has 0 aromatic heterocycles. The van der Waals surface area contributed by atoms with Crippen molar-refractivity contribution in [1.29, 1.82) is 0 Å². The molecule has 0 aromatic carbocycles. The zero-order chi connectivity index (χ0) is 41.1. The van der Waals surface area contributed by atoms with Gasteiger partial charge in [-0.3, -0.25) is 4.79 Å². The van der Waals surface area contributed by atoms with Gasteiger partial charge in [-0.05, 0) is 38.5 Å². The van der Waals surface area contributed by atoms with E-state index in [1.54, 1.807) is 0 Å². The van der Waals surface area contributed by atoms with Crippen molar-refractivity contribution in [2.24, 2.45) is 0 Å². The van der Waals surface area contributed by atoms with Gasteiger partial charge in [0.1, 0.15) is 48.8 Å². The Labute approximate surface area is 336 Å². The average Bonchev–Trinajstić information content (AvgIpc) is 3.19. The van der Waals surface area contributed by atoms with E-state index in [1.165, 1.54) is 57.8 Å². The molecule has 12 atom stereocenters. The van der Waals surface area contributed by atoms with E-state index >= 15 is 0 Å². The van der Waals surface area contributed by atoms with Crippen LogP contribution in [0.2, 0.25) is 0 Å². The summed E-state index contributed by atoms with van der Waals surface area (Å²) < 4.78 is 22.6. The van der Waals surface area contributed by atoms with Crippen LogP contribution in [0.3, 0.4) is 0 Å². The number of amides is 1. The first-order valence-corrected chi connectivity index (χ1v) is 21.9. The Morgan fingerprint density at radius 3 is 1.73 bits per heavy atom. The number of nitrogens with one attached hydrogen (secondary N) is 1. The number of carbonyl (C=O) groups excluding carboxylic acids is 1. The SMILES string of the molecule is CCCCC/C=C\CCCCCCCC(=O)NC(COC1OC(CO)C(OC2OC(CO)C(O)C(O)C2O)C(O)C1O)C(O)CCCCCCCCCCCC. The molecule has 0 aliphatic carbocycles. The standard InChI is InChI=1S/C42H79NO13/c1-3-5-7-9-11-13-15-16-18-20-22-24-26-34(47)43-30(31(46)25-23-21-19-17-14-12-10-8-6-4-2)29-53-41-39(52)37(50)40(33(28-45)55-41)56-42-38(51)36(49)35(48)32(27-44)54-42/h11,13,30-33,35-42,44-46,48-52H,3-10,12,14-29H2,1-2H3,(H,43,47)/b13-11-. The predicted molar refractivity (Wildman–Crippen MR) is 212 cm³/mol. The summed E-state index contributed by atoms with van der Waals surface area (Å²) in [5.74, 6) is -0.220. The number of rotatable bonds is 32. The predicted octanol–water partition coefficient (Wildman–Crippen LogP) is 3.65. The van der Waals surface area contributed by atoms with Gasteiger partial charge in [0.05, 0.1) is 32.0 Å². The van der Waals surface area contributed by atoms with Crippen LogP contribution in [0.15, 0.2) is 12.2 Å². The van der Waals surface area contributed by atoms with Gasteiger partial charge in [-0.15, -0.1) is 0 Å². The molecule has 2 rings (SSSR count). The summed E-state index contributed by atoms with van der Waals surface area (Å²) in [7, 11) is 0. The summed E-state index contributed by atoms with van der Waals surface area (Å²) >= 11 is 0. The Kier molecular flexibility index (Phi) is 27.9. The van der Waals surface area contributed by atoms with E-state index in [-0.39, 0.29) is 12.5 Å². The third-order valence-electron chi connectivity index (χ3n) is 11.0. The maximum Gasteiger partial charge on any atom is 0.220 e. The summed E-state index contributed by atoms with van der Waals surface area (Å²) in [6, 6.07) is -0.825. The van der Waals surface area contributed by atoms with E-state index in [4.69, 9.17) is 18.9 Å². The molecule has 0 saturated carbocycles. The molecule has 12 unspecified atom stereocenters. The first-order valence-electron chi connectivity index (χ1n) is 21.9. The normalized spacial score (nSPS) is 29.5. The van der Waals surface area contributed by atoms with Crippen LogP contribution in [-0.2, 0) is 23.7 Å². The summed E-state index contributed by atoms with van der Waals surface area (Å²) in [6.07, 6.45) is 10.9. The van der Waals surface area contributed by atoms with Crippen LogP contribution in [0.1, 0.15) is 155 Å². The molecule has 0 aromatic rings. The lowest BCUT2D eigenvalue weighted by Gasteiger charge is -2.46. The molecule has 1 amide bonds. The lowest BCUT2D eigenvalue weighted by atomic mass is 9.97. The van der Waals surface area contributed by atoms with Crippen molar-refractivity contribution in [2.75, 3.05) is 19.8 Å². The molecular formula is C42H79NO13. The van der Waals surface area contributed by atoms with Crippen molar-refractivity contribution in [3.63, 3.8) is 0 Å². The van der Waals surface area contributed by atoms with Crippen LogP contribution < -0.4 is 5.32 Å². The average molecular weight is 806 g/mol. The molecule has 2 aliphatic heterocycles. The maximum atomic E-state index is 13.1. The van der Waals surface area contributed by atoms with Gasteiger partial charge in [-0.2, -0.15) is 0 Å². The number of carbonyl (C=O) groups is 1. The third-order valence-corrected chi connectivity index (χ3v) is 11.0. The maximum absolute atomic E-state index is 13.1. The Morgan fingerprint density at radius 1 is 0.625 bits per heavy atom. The van der Waals surface area contributed by atoms with Crippen LogP contribution in [0, 0.1) is 0 Å². The number of aliphatic hydroxyl groups excluding tert-OH is 8. The minimum atomic E-state index is -1.78. The van der Waals surface area contributed by atoms with Crippen LogP contribution in [0.25, 0.3) is 0 Å². The van der Waals surface area contributed by atoms with E-state index in [2.05, 4.69) is 31.3 Å². The van der Waals surface area contributed by atoms with Crippen LogP contribution >= 0.6 is 0 Å². The Bertz CT molecular complexity index is 1000. The second kappa shape index (κ2) is 30.7. The Balaban J connectivity index is 1.91. The van der Waals surface area contributed by atoms with E-state index in [9.17, 15) is 45.6 Å². The molecule has 14 heteroatoms. The monoisotopic (exact) mass is 806 g/mol. The Hall–Kier alpha value is -1.27. The van der Waals surface area contributed by atoms with Crippen LogP contribution in [-0.4, -0.2) is 140 Å². The fourth-order valence-corrected chi connectivity index (χ4v) is 7.29. The van der Waals surface area contributed by atoms with Crippen molar-refractivity contribution in [3.05, 3.63) is 12.2 Å². The second-order valence-electron chi connectivity index (χ2n) is 15.8. The number of hydrogen-bond donors (Lipinski definition) is 9.